The summed E-state index contributed by atoms with van der Waals surface area (Å²) in [6, 6.07) is 2.41. The van der Waals surface area contributed by atoms with Crippen molar-refractivity contribution in [1.29, 1.82) is 0 Å². The maximum absolute atomic E-state index is 15.1. The monoisotopic (exact) mass is 600 g/mol. The molecular formula is C23H35ClFN2O11P. The van der Waals surface area contributed by atoms with Crippen molar-refractivity contribution in [1.82, 2.24) is 4.67 Å². The van der Waals surface area contributed by atoms with Gasteiger partial charge in [0.2, 0.25) is 6.29 Å². The van der Waals surface area contributed by atoms with Gasteiger partial charge in [0.25, 0.3) is 0 Å². The van der Waals surface area contributed by atoms with Crippen molar-refractivity contribution in [3.63, 3.8) is 0 Å². The van der Waals surface area contributed by atoms with Gasteiger partial charge in [0.1, 0.15) is 23.9 Å². The van der Waals surface area contributed by atoms with E-state index in [0.29, 0.717) is 18.7 Å². The maximum Gasteiger partial charge on any atom is 0.433 e. The summed E-state index contributed by atoms with van der Waals surface area (Å²) in [5.41, 5.74) is 0. The van der Waals surface area contributed by atoms with Gasteiger partial charge in [-0.15, -0.1) is 11.6 Å². The minimum atomic E-state index is -4.28. The van der Waals surface area contributed by atoms with E-state index in [9.17, 15) is 24.3 Å². The van der Waals surface area contributed by atoms with Crippen molar-refractivity contribution in [3.05, 3.63) is 28.0 Å². The van der Waals surface area contributed by atoms with Crippen LogP contribution in [0.5, 0.6) is 0 Å². The van der Waals surface area contributed by atoms with Gasteiger partial charge in [0.15, 0.2) is 12.3 Å². The average molecular weight is 601 g/mol. The molecule has 13 nitrogen and oxygen atoms in total. The molecule has 1 aliphatic heterocycles. The third kappa shape index (κ3) is 9.51. The molecule has 0 radical (unpaired) electrons. The second-order valence-electron chi connectivity index (χ2n) is 9.20. The highest BCUT2D eigenvalue weighted by Gasteiger charge is 2.50. The maximum atomic E-state index is 15.1. The van der Waals surface area contributed by atoms with Crippen LogP contribution in [0.1, 0.15) is 46.3 Å². The Morgan fingerprint density at radius 1 is 1.23 bits per heavy atom. The summed E-state index contributed by atoms with van der Waals surface area (Å²) in [6.07, 6.45) is -4.43. The summed E-state index contributed by atoms with van der Waals surface area (Å²) >= 11 is 5.76. The van der Waals surface area contributed by atoms with Gasteiger partial charge in [-0.2, -0.15) is 0 Å². The first-order valence-corrected chi connectivity index (χ1v) is 14.4. The highest BCUT2D eigenvalue weighted by Crippen LogP contribution is 2.55. The number of alkyl halides is 2. The second kappa shape index (κ2) is 15.1. The van der Waals surface area contributed by atoms with E-state index in [0.717, 1.165) is 13.0 Å². The number of esters is 2. The lowest BCUT2D eigenvalue weighted by Crippen LogP contribution is -2.55. The highest BCUT2D eigenvalue weighted by atomic mass is 35.5. The van der Waals surface area contributed by atoms with E-state index in [1.165, 1.54) is 24.7 Å². The van der Waals surface area contributed by atoms with E-state index in [-0.39, 0.29) is 12.3 Å². The van der Waals surface area contributed by atoms with Gasteiger partial charge in [0, 0.05) is 32.2 Å². The Labute approximate surface area is 230 Å². The van der Waals surface area contributed by atoms with Gasteiger partial charge in [-0.25, -0.2) is 13.6 Å². The van der Waals surface area contributed by atoms with Crippen LogP contribution >= 0.6 is 19.3 Å². The van der Waals surface area contributed by atoms with Crippen LogP contribution in [0.2, 0.25) is 0 Å². The summed E-state index contributed by atoms with van der Waals surface area (Å²) in [7, 11) is -2.81. The van der Waals surface area contributed by atoms with E-state index in [1.807, 2.05) is 0 Å². The Hall–Kier alpha value is -2.09. The summed E-state index contributed by atoms with van der Waals surface area (Å²) < 4.78 is 63.1. The molecule has 0 bridgehead atoms. The van der Waals surface area contributed by atoms with Gasteiger partial charge in [-0.3, -0.25) is 28.8 Å². The predicted molar refractivity (Wildman–Crippen MR) is 135 cm³/mol. The van der Waals surface area contributed by atoms with Crippen LogP contribution in [-0.2, 0) is 44.0 Å². The van der Waals surface area contributed by atoms with E-state index < -0.39 is 80.2 Å². The highest BCUT2D eigenvalue weighted by molar-refractivity contribution is 7.51. The van der Waals surface area contributed by atoms with E-state index >= 15 is 4.39 Å². The molecule has 0 N–H and O–H groups in total. The predicted octanol–water partition coefficient (Wildman–Crippen LogP) is 4.61. The average Bonchev–Trinajstić information content (AvgIpc) is 3.35. The van der Waals surface area contributed by atoms with Crippen molar-refractivity contribution in [2.24, 2.45) is 11.8 Å². The third-order valence-corrected chi connectivity index (χ3v) is 8.48. The minimum absolute atomic E-state index is 0.00542. The molecule has 2 rings (SSSR count). The standard InChI is InChI=1S/C23H35ClFN2O11P/c1-14-15(2)22(35-17(4)29)23(37-21(14)19(25)13-33-16(3)28)38-39(32,26(5)11-7-6-10-24)34-12-18-8-9-20(36-18)27(30)31/h8-9,14-15,19,21-23H,6-7,10-13H2,1-5H3/t14-,15-,19-,21?,22?,23+,39?/m0/s1. The van der Waals surface area contributed by atoms with Crippen LogP contribution in [0.4, 0.5) is 10.3 Å². The summed E-state index contributed by atoms with van der Waals surface area (Å²) in [5, 5.41) is 10.9. The van der Waals surface area contributed by atoms with E-state index in [4.69, 9.17) is 39.3 Å². The van der Waals surface area contributed by atoms with Crippen molar-refractivity contribution < 1.29 is 51.1 Å². The molecule has 0 saturated carbocycles. The summed E-state index contributed by atoms with van der Waals surface area (Å²) in [6.45, 7) is 4.86. The van der Waals surface area contributed by atoms with Gasteiger partial charge < -0.3 is 18.6 Å². The number of halogens is 2. The lowest BCUT2D eigenvalue weighted by atomic mass is 9.82. The fourth-order valence-electron chi connectivity index (χ4n) is 3.93. The number of nitro groups is 1. The molecule has 222 valence electrons. The quantitative estimate of drug-likeness (QED) is 0.0688. The van der Waals surface area contributed by atoms with Crippen LogP contribution in [0.15, 0.2) is 16.5 Å². The van der Waals surface area contributed by atoms with Crippen molar-refractivity contribution in [3.8, 4) is 0 Å². The Bertz CT molecular complexity index is 1030. The second-order valence-corrected chi connectivity index (χ2v) is 11.7. The topological polar surface area (TPSA) is 157 Å². The Morgan fingerprint density at radius 2 is 1.92 bits per heavy atom. The first-order chi connectivity index (χ1) is 18.3. The molecule has 0 aromatic carbocycles. The molecule has 3 unspecified atom stereocenters. The van der Waals surface area contributed by atoms with E-state index in [1.54, 1.807) is 13.8 Å². The molecule has 1 aliphatic rings. The first kappa shape index (κ1) is 33.1. The smallest absolute Gasteiger partial charge is 0.433 e. The lowest BCUT2D eigenvalue weighted by Gasteiger charge is -2.45. The number of hydrogen-bond acceptors (Lipinski definition) is 11. The van der Waals surface area contributed by atoms with Crippen LogP contribution in [0.3, 0.4) is 0 Å². The molecular weight excluding hydrogens is 566 g/mol. The Morgan fingerprint density at radius 3 is 2.49 bits per heavy atom. The SMILES string of the molecule is CC(=O)OC[C@H](F)C1O[C@H](OP(=O)(OCc2ccc([N+](=O)[O-])o2)N(C)CCCCCl)C(OC(C)=O)[C@@H](C)[C@@H]1C. The van der Waals surface area contributed by atoms with Crippen LogP contribution < -0.4 is 0 Å². The number of unbranched alkanes of at least 4 members (excludes halogenated alkanes) is 1. The number of carbonyl (C=O) groups is 2. The molecule has 0 aliphatic carbocycles. The van der Waals surface area contributed by atoms with Crippen molar-refractivity contribution >= 4 is 37.2 Å². The third-order valence-electron chi connectivity index (χ3n) is 6.25. The number of furan rings is 1. The minimum Gasteiger partial charge on any atom is -0.463 e. The lowest BCUT2D eigenvalue weighted by molar-refractivity contribution is -0.402. The molecule has 1 aromatic heterocycles. The molecule has 1 fully saturated rings. The first-order valence-electron chi connectivity index (χ1n) is 12.3. The van der Waals surface area contributed by atoms with Crippen LogP contribution in [0, 0.1) is 22.0 Å². The number of hydrogen-bond donors (Lipinski definition) is 0. The van der Waals surface area contributed by atoms with Crippen LogP contribution in [-0.4, -0.2) is 72.3 Å². The zero-order valence-electron chi connectivity index (χ0n) is 22.4. The molecule has 7 atom stereocenters. The molecule has 16 heteroatoms. The molecule has 1 saturated heterocycles. The number of ether oxygens (including phenoxy) is 3. The normalized spacial score (nSPS) is 25.6. The van der Waals surface area contributed by atoms with Gasteiger partial charge >= 0.3 is 25.6 Å². The molecule has 2 heterocycles. The molecule has 0 amide bonds. The number of nitrogens with zero attached hydrogens (tertiary/aromatic N) is 2. The summed E-state index contributed by atoms with van der Waals surface area (Å²) in [4.78, 5) is 33.3. The largest absolute Gasteiger partial charge is 0.463 e. The Balaban J connectivity index is 2.34. The fourth-order valence-corrected chi connectivity index (χ4v) is 5.65. The summed E-state index contributed by atoms with van der Waals surface area (Å²) in [5.74, 6) is -2.55. The van der Waals surface area contributed by atoms with Gasteiger partial charge in [-0.05, 0) is 31.9 Å². The Kier molecular flexibility index (Phi) is 12.8. The van der Waals surface area contributed by atoms with Gasteiger partial charge in [-0.1, -0.05) is 13.8 Å². The van der Waals surface area contributed by atoms with E-state index in [2.05, 4.69) is 0 Å². The molecule has 39 heavy (non-hydrogen) atoms. The van der Waals surface area contributed by atoms with Crippen LogP contribution in [0.25, 0.3) is 0 Å². The number of rotatable bonds is 15. The van der Waals surface area contributed by atoms with Crippen molar-refractivity contribution in [2.75, 3.05) is 26.1 Å². The number of carbonyl (C=O) groups excluding carboxylic acids is 2. The zero-order chi connectivity index (χ0) is 29.3. The van der Waals surface area contributed by atoms with Crippen molar-refractivity contribution in [2.45, 2.75) is 71.8 Å². The fraction of sp³-hybridized carbons (Fsp3) is 0.739. The zero-order valence-corrected chi connectivity index (χ0v) is 24.1. The van der Waals surface area contributed by atoms with Gasteiger partial charge in [0.05, 0.1) is 12.2 Å². The molecule has 0 spiro atoms. The molecule has 1 aromatic rings.